The molecule has 2 heterocycles. The van der Waals surface area contributed by atoms with Crippen LogP contribution in [0.5, 0.6) is 0 Å². The second-order valence-electron chi connectivity index (χ2n) is 2.57. The average molecular weight is 352 g/mol. The summed E-state index contributed by atoms with van der Waals surface area (Å²) in [7, 11) is 0. The summed E-state index contributed by atoms with van der Waals surface area (Å²) in [5, 5.41) is 0. The molecule has 0 aliphatic carbocycles. The van der Waals surface area contributed by atoms with E-state index in [0.29, 0.717) is 8.95 Å². The smallest absolute Gasteiger partial charge is 0.227 e. The Morgan fingerprint density at radius 1 is 1.00 bits per heavy atom. The maximum atomic E-state index is 12.2. The molecule has 0 atom stereocenters. The van der Waals surface area contributed by atoms with Gasteiger partial charge in [0.2, 0.25) is 11.9 Å². The van der Waals surface area contributed by atoms with Crippen molar-refractivity contribution >= 4 is 31.9 Å². The quantitative estimate of drug-likeness (QED) is 0.671. The number of hydrogen-bond donors (Lipinski definition) is 0. The van der Waals surface area contributed by atoms with E-state index in [1.807, 2.05) is 0 Å². The van der Waals surface area contributed by atoms with Crippen LogP contribution >= 0.6 is 31.9 Å². The third-order valence-electron chi connectivity index (χ3n) is 1.40. The van der Waals surface area contributed by atoms with Crippen LogP contribution in [0.4, 0.5) is 8.78 Å². The zero-order chi connectivity index (χ0) is 12.0. The summed E-state index contributed by atoms with van der Waals surface area (Å²) in [4.78, 5) is 6.71. The lowest BCUT2D eigenvalue weighted by molar-refractivity contribution is 0.577. The minimum Gasteiger partial charge on any atom is -0.228 e. The molecular weight excluding hydrogens is 346 g/mol. The Labute approximate surface area is 108 Å². The number of rotatable bonds is 0. The molecule has 2 rings (SSSR count). The standard InChI is InChI=1S/2C5H3BrFN/c6-4-1-2-8-5(7)3-4;6-4-2-1-3-8-5(4)7/h2*1-3H. The van der Waals surface area contributed by atoms with Crippen LogP contribution in [0.15, 0.2) is 45.6 Å². The molecule has 0 fully saturated rings. The SMILES string of the molecule is Fc1cc(Br)ccn1.Fc1ncccc1Br. The first-order chi connectivity index (χ1) is 7.59. The van der Waals surface area contributed by atoms with E-state index in [1.54, 1.807) is 18.2 Å². The van der Waals surface area contributed by atoms with Crippen molar-refractivity contribution in [1.82, 2.24) is 9.97 Å². The van der Waals surface area contributed by atoms with Gasteiger partial charge in [-0.3, -0.25) is 0 Å². The molecule has 2 aromatic rings. The van der Waals surface area contributed by atoms with E-state index in [0.717, 1.165) is 0 Å². The molecule has 0 saturated heterocycles. The summed E-state index contributed by atoms with van der Waals surface area (Å²) in [5.74, 6) is -0.924. The third kappa shape index (κ3) is 4.76. The molecule has 84 valence electrons. The van der Waals surface area contributed by atoms with Crippen molar-refractivity contribution in [2.75, 3.05) is 0 Å². The summed E-state index contributed by atoms with van der Waals surface area (Å²) in [5.41, 5.74) is 0. The van der Waals surface area contributed by atoms with E-state index in [9.17, 15) is 8.78 Å². The van der Waals surface area contributed by atoms with Gasteiger partial charge < -0.3 is 0 Å². The molecule has 0 aliphatic rings. The van der Waals surface area contributed by atoms with Crippen LogP contribution in [0.25, 0.3) is 0 Å². The minimum absolute atomic E-state index is 0.403. The Morgan fingerprint density at radius 3 is 2.12 bits per heavy atom. The maximum Gasteiger partial charge on any atom is 0.227 e. The van der Waals surface area contributed by atoms with E-state index in [-0.39, 0.29) is 0 Å². The van der Waals surface area contributed by atoms with Crippen LogP contribution in [-0.2, 0) is 0 Å². The first-order valence-electron chi connectivity index (χ1n) is 4.12. The Morgan fingerprint density at radius 2 is 1.75 bits per heavy atom. The molecule has 0 saturated carbocycles. The van der Waals surface area contributed by atoms with Gasteiger partial charge in [-0.25, -0.2) is 9.97 Å². The van der Waals surface area contributed by atoms with E-state index >= 15 is 0 Å². The Hall–Kier alpha value is -0.880. The first-order valence-corrected chi connectivity index (χ1v) is 5.71. The van der Waals surface area contributed by atoms with E-state index in [4.69, 9.17) is 0 Å². The molecule has 16 heavy (non-hydrogen) atoms. The molecule has 0 aliphatic heterocycles. The van der Waals surface area contributed by atoms with Gasteiger partial charge >= 0.3 is 0 Å². The third-order valence-corrected chi connectivity index (χ3v) is 2.49. The molecule has 0 amide bonds. The van der Waals surface area contributed by atoms with Crippen molar-refractivity contribution in [3.05, 3.63) is 57.5 Å². The molecule has 0 radical (unpaired) electrons. The molecular formula is C10H6Br2F2N2. The van der Waals surface area contributed by atoms with Crippen LogP contribution in [0, 0.1) is 11.9 Å². The normalized spacial score (nSPS) is 9.25. The van der Waals surface area contributed by atoms with Crippen LogP contribution in [-0.4, -0.2) is 9.97 Å². The fourth-order valence-corrected chi connectivity index (χ4v) is 1.31. The van der Waals surface area contributed by atoms with Crippen LogP contribution in [0.3, 0.4) is 0 Å². The summed E-state index contributed by atoms with van der Waals surface area (Å²) in [6.07, 6.45) is 2.81. The second kappa shape index (κ2) is 6.65. The van der Waals surface area contributed by atoms with Crippen molar-refractivity contribution in [2.24, 2.45) is 0 Å². The van der Waals surface area contributed by atoms with Crippen LogP contribution < -0.4 is 0 Å². The molecule has 2 nitrogen and oxygen atoms in total. The first kappa shape index (κ1) is 13.2. The van der Waals surface area contributed by atoms with Gasteiger partial charge in [-0.2, -0.15) is 8.78 Å². The van der Waals surface area contributed by atoms with Gasteiger partial charge in [0.1, 0.15) is 0 Å². The summed E-state index contributed by atoms with van der Waals surface area (Å²) < 4.78 is 25.3. The Bertz CT molecular complexity index is 428. The van der Waals surface area contributed by atoms with Crippen molar-refractivity contribution in [2.45, 2.75) is 0 Å². The molecule has 0 aromatic carbocycles. The maximum absolute atomic E-state index is 12.2. The van der Waals surface area contributed by atoms with Gasteiger partial charge in [0, 0.05) is 22.9 Å². The lowest BCUT2D eigenvalue weighted by Crippen LogP contribution is -1.79. The van der Waals surface area contributed by atoms with Crippen LogP contribution in [0.1, 0.15) is 0 Å². The minimum atomic E-state index is -0.465. The number of pyridine rings is 2. The number of hydrogen-bond acceptors (Lipinski definition) is 2. The second-order valence-corrected chi connectivity index (χ2v) is 4.34. The highest BCUT2D eigenvalue weighted by atomic mass is 79.9. The van der Waals surface area contributed by atoms with Gasteiger partial charge in [0.05, 0.1) is 4.47 Å². The fraction of sp³-hybridized carbons (Fsp3) is 0. The predicted octanol–water partition coefficient (Wildman–Crippen LogP) is 3.97. The van der Waals surface area contributed by atoms with Crippen molar-refractivity contribution in [3.8, 4) is 0 Å². The molecule has 0 bridgehead atoms. The summed E-state index contributed by atoms with van der Waals surface area (Å²) in [6.45, 7) is 0. The zero-order valence-electron chi connectivity index (χ0n) is 7.87. The van der Waals surface area contributed by atoms with E-state index in [1.165, 1.54) is 18.5 Å². The molecule has 0 N–H and O–H groups in total. The fourth-order valence-electron chi connectivity index (χ4n) is 0.745. The monoisotopic (exact) mass is 350 g/mol. The molecule has 2 aromatic heterocycles. The number of nitrogens with zero attached hydrogens (tertiary/aromatic N) is 2. The largest absolute Gasteiger partial charge is 0.228 e. The molecule has 0 spiro atoms. The zero-order valence-corrected chi connectivity index (χ0v) is 11.0. The highest BCUT2D eigenvalue weighted by Gasteiger charge is 1.92. The van der Waals surface area contributed by atoms with Gasteiger partial charge in [-0.05, 0) is 34.1 Å². The van der Waals surface area contributed by atoms with E-state index in [2.05, 4.69) is 41.8 Å². The lowest BCUT2D eigenvalue weighted by atomic mass is 10.5. The Balaban J connectivity index is 0.000000160. The summed E-state index contributed by atoms with van der Waals surface area (Å²) in [6, 6.07) is 6.23. The van der Waals surface area contributed by atoms with E-state index < -0.39 is 11.9 Å². The van der Waals surface area contributed by atoms with Gasteiger partial charge in [0.25, 0.3) is 0 Å². The lowest BCUT2D eigenvalue weighted by Gasteiger charge is -1.86. The average Bonchev–Trinajstić information content (AvgIpc) is 2.23. The van der Waals surface area contributed by atoms with Crippen molar-refractivity contribution < 1.29 is 8.78 Å². The van der Waals surface area contributed by atoms with Crippen molar-refractivity contribution in [1.29, 1.82) is 0 Å². The molecule has 0 unspecified atom stereocenters. The van der Waals surface area contributed by atoms with Crippen LogP contribution in [0.2, 0.25) is 0 Å². The van der Waals surface area contributed by atoms with Crippen molar-refractivity contribution in [3.63, 3.8) is 0 Å². The number of halogens is 4. The predicted molar refractivity (Wildman–Crippen MR) is 63.8 cm³/mol. The Kier molecular flexibility index (Phi) is 5.48. The topological polar surface area (TPSA) is 25.8 Å². The molecule has 6 heteroatoms. The summed E-state index contributed by atoms with van der Waals surface area (Å²) >= 11 is 6.04. The van der Waals surface area contributed by atoms with Gasteiger partial charge in [-0.15, -0.1) is 0 Å². The van der Waals surface area contributed by atoms with Gasteiger partial charge in [-0.1, -0.05) is 15.9 Å². The van der Waals surface area contributed by atoms with Gasteiger partial charge in [0.15, 0.2) is 0 Å². The highest BCUT2D eigenvalue weighted by molar-refractivity contribution is 9.10. The highest BCUT2D eigenvalue weighted by Crippen LogP contribution is 2.09. The number of aromatic nitrogens is 2.